The van der Waals surface area contributed by atoms with Crippen molar-refractivity contribution >= 4 is 0 Å². The van der Waals surface area contributed by atoms with Crippen molar-refractivity contribution in [2.45, 2.75) is 45.5 Å². The number of rotatable bonds is 8. The van der Waals surface area contributed by atoms with Crippen LogP contribution in [0.15, 0.2) is 0 Å². The van der Waals surface area contributed by atoms with Crippen molar-refractivity contribution in [3.63, 3.8) is 0 Å². The number of ether oxygens (including phenoxy) is 4. The lowest BCUT2D eigenvalue weighted by Crippen LogP contribution is -2.26. The number of hydrogen-bond acceptors (Lipinski definition) is 4. The molecule has 19 heavy (non-hydrogen) atoms. The molecule has 0 spiro atoms. The highest BCUT2D eigenvalue weighted by Crippen LogP contribution is 2.22. The summed E-state index contributed by atoms with van der Waals surface area (Å²) in [4.78, 5) is 0. The van der Waals surface area contributed by atoms with Crippen molar-refractivity contribution < 1.29 is 27.7 Å². The van der Waals surface area contributed by atoms with Gasteiger partial charge in [0.2, 0.25) is 0 Å². The van der Waals surface area contributed by atoms with E-state index in [1.165, 1.54) is 0 Å². The lowest BCUT2D eigenvalue weighted by atomic mass is 10.2. The maximum atomic E-state index is 12.5. The Hall–Kier alpha value is -0.300. The molecule has 0 bridgehead atoms. The highest BCUT2D eigenvalue weighted by molar-refractivity contribution is 4.70. The molecule has 1 saturated heterocycles. The second-order valence-electron chi connectivity index (χ2n) is 5.68. The van der Waals surface area contributed by atoms with E-state index in [1.807, 2.05) is 20.8 Å². The highest BCUT2D eigenvalue weighted by Gasteiger charge is 2.32. The second-order valence-corrected chi connectivity index (χ2v) is 5.68. The average Bonchev–Trinajstić information content (AvgIpc) is 2.56. The molecule has 0 aromatic rings. The largest absolute Gasteiger partial charge is 0.378 e. The Morgan fingerprint density at radius 3 is 2.47 bits per heavy atom. The molecule has 0 aromatic carbocycles. The number of alkyl halides is 2. The zero-order valence-corrected chi connectivity index (χ0v) is 12.1. The molecule has 1 aliphatic heterocycles. The molecule has 0 aliphatic carbocycles. The van der Waals surface area contributed by atoms with E-state index in [4.69, 9.17) is 18.9 Å². The summed E-state index contributed by atoms with van der Waals surface area (Å²) in [5.74, 6) is -3.26. The molecule has 0 aromatic heterocycles. The zero-order valence-electron chi connectivity index (χ0n) is 12.1. The first-order valence-corrected chi connectivity index (χ1v) is 6.53. The van der Waals surface area contributed by atoms with Crippen LogP contribution in [0.3, 0.4) is 0 Å². The fraction of sp³-hybridized carbons (Fsp3) is 1.00. The van der Waals surface area contributed by atoms with Gasteiger partial charge < -0.3 is 18.9 Å². The molecule has 1 rings (SSSR count). The summed E-state index contributed by atoms with van der Waals surface area (Å²) in [5.41, 5.74) is 0. The third-order valence-electron chi connectivity index (χ3n) is 2.53. The Morgan fingerprint density at radius 1 is 1.32 bits per heavy atom. The van der Waals surface area contributed by atoms with Crippen LogP contribution >= 0.6 is 0 Å². The molecule has 0 radical (unpaired) electrons. The van der Waals surface area contributed by atoms with Gasteiger partial charge in [0.05, 0.1) is 26.4 Å². The predicted octanol–water partition coefficient (Wildman–Crippen LogP) is 2.46. The summed E-state index contributed by atoms with van der Waals surface area (Å²) >= 11 is 0. The van der Waals surface area contributed by atoms with Gasteiger partial charge in [0, 0.05) is 12.8 Å². The highest BCUT2D eigenvalue weighted by atomic mass is 19.3. The normalized spacial score (nSPS) is 24.6. The molecule has 6 heteroatoms. The lowest BCUT2D eigenvalue weighted by Gasteiger charge is -2.18. The van der Waals surface area contributed by atoms with E-state index >= 15 is 0 Å². The van der Waals surface area contributed by atoms with E-state index < -0.39 is 18.3 Å². The lowest BCUT2D eigenvalue weighted by molar-refractivity contribution is -0.146. The van der Waals surface area contributed by atoms with Crippen LogP contribution in [-0.2, 0) is 18.9 Å². The fourth-order valence-corrected chi connectivity index (χ4v) is 1.73. The van der Waals surface area contributed by atoms with E-state index in [1.54, 1.807) is 0 Å². The molecule has 2 unspecified atom stereocenters. The summed E-state index contributed by atoms with van der Waals surface area (Å²) in [6, 6.07) is 0. The van der Waals surface area contributed by atoms with E-state index in [2.05, 4.69) is 0 Å². The van der Waals surface area contributed by atoms with Gasteiger partial charge in [-0.2, -0.15) is 0 Å². The van der Waals surface area contributed by atoms with Crippen LogP contribution < -0.4 is 0 Å². The van der Waals surface area contributed by atoms with Gasteiger partial charge in [0.15, 0.2) is 5.79 Å². The summed E-state index contributed by atoms with van der Waals surface area (Å²) in [6.45, 7) is 7.56. The third kappa shape index (κ3) is 7.77. The van der Waals surface area contributed by atoms with Crippen LogP contribution in [0.5, 0.6) is 0 Å². The molecule has 4 nitrogen and oxygen atoms in total. The summed E-state index contributed by atoms with van der Waals surface area (Å²) in [7, 11) is 0. The van der Waals surface area contributed by atoms with Gasteiger partial charge in [0.1, 0.15) is 12.7 Å². The van der Waals surface area contributed by atoms with E-state index in [0.717, 1.165) is 6.92 Å². The molecular formula is C13H24F2O4. The van der Waals surface area contributed by atoms with Crippen molar-refractivity contribution in [2.75, 3.05) is 33.0 Å². The van der Waals surface area contributed by atoms with Gasteiger partial charge in [-0.15, -0.1) is 0 Å². The van der Waals surface area contributed by atoms with E-state index in [-0.39, 0.29) is 18.6 Å². The first kappa shape index (κ1) is 16.8. The Bertz CT molecular complexity index is 266. The van der Waals surface area contributed by atoms with E-state index in [0.29, 0.717) is 19.8 Å². The summed E-state index contributed by atoms with van der Waals surface area (Å²) in [6.07, 6.45) is -0.0666. The Balaban J connectivity index is 2.03. The maximum Gasteiger partial charge on any atom is 0.268 e. The molecule has 114 valence electrons. The van der Waals surface area contributed by atoms with Gasteiger partial charge in [-0.1, -0.05) is 6.92 Å². The van der Waals surface area contributed by atoms with Gasteiger partial charge in [-0.05, 0) is 13.8 Å². The minimum atomic E-state index is -2.78. The molecule has 0 N–H and O–H groups in total. The molecule has 1 heterocycles. The van der Waals surface area contributed by atoms with Crippen LogP contribution in [0.1, 0.15) is 27.7 Å². The van der Waals surface area contributed by atoms with Gasteiger partial charge >= 0.3 is 0 Å². The SMILES string of the molecule is CC(COCC1COC(C)(C)O1)COCC(C)(F)F. The first-order chi connectivity index (χ1) is 8.68. The van der Waals surface area contributed by atoms with Crippen LogP contribution in [0.2, 0.25) is 0 Å². The Morgan fingerprint density at radius 2 is 1.95 bits per heavy atom. The van der Waals surface area contributed by atoms with Gasteiger partial charge in [0.25, 0.3) is 5.92 Å². The molecule has 0 amide bonds. The Kier molecular flexibility index (Phi) is 6.11. The molecular weight excluding hydrogens is 258 g/mol. The van der Waals surface area contributed by atoms with Crippen LogP contribution in [0.25, 0.3) is 0 Å². The number of hydrogen-bond donors (Lipinski definition) is 0. The summed E-state index contributed by atoms with van der Waals surface area (Å²) < 4.78 is 46.4. The smallest absolute Gasteiger partial charge is 0.268 e. The van der Waals surface area contributed by atoms with Gasteiger partial charge in [-0.25, -0.2) is 8.78 Å². The van der Waals surface area contributed by atoms with Crippen molar-refractivity contribution in [1.29, 1.82) is 0 Å². The van der Waals surface area contributed by atoms with E-state index in [9.17, 15) is 8.78 Å². The zero-order chi connectivity index (χ0) is 14.5. The van der Waals surface area contributed by atoms with Crippen LogP contribution in [0, 0.1) is 5.92 Å². The van der Waals surface area contributed by atoms with Crippen LogP contribution in [-0.4, -0.2) is 50.8 Å². The minimum absolute atomic E-state index is 0.0666. The monoisotopic (exact) mass is 282 g/mol. The fourth-order valence-electron chi connectivity index (χ4n) is 1.73. The molecule has 0 saturated carbocycles. The maximum absolute atomic E-state index is 12.5. The topological polar surface area (TPSA) is 36.9 Å². The van der Waals surface area contributed by atoms with Gasteiger partial charge in [-0.3, -0.25) is 0 Å². The molecule has 1 fully saturated rings. The predicted molar refractivity (Wildman–Crippen MR) is 66.3 cm³/mol. The Labute approximate surface area is 113 Å². The van der Waals surface area contributed by atoms with Crippen molar-refractivity contribution in [3.8, 4) is 0 Å². The van der Waals surface area contributed by atoms with Crippen molar-refractivity contribution in [1.82, 2.24) is 0 Å². The average molecular weight is 282 g/mol. The van der Waals surface area contributed by atoms with Crippen molar-refractivity contribution in [2.24, 2.45) is 5.92 Å². The number of halogens is 2. The minimum Gasteiger partial charge on any atom is -0.378 e. The molecule has 2 atom stereocenters. The quantitative estimate of drug-likeness (QED) is 0.685. The summed E-state index contributed by atoms with van der Waals surface area (Å²) in [5, 5.41) is 0. The first-order valence-electron chi connectivity index (χ1n) is 6.53. The standard InChI is InChI=1S/C13H24F2O4/c1-10(6-17-9-13(4,14)15)5-16-7-11-8-18-12(2,3)19-11/h10-11H,5-9H2,1-4H3. The third-order valence-corrected chi connectivity index (χ3v) is 2.53. The molecule has 1 aliphatic rings. The van der Waals surface area contributed by atoms with Crippen molar-refractivity contribution in [3.05, 3.63) is 0 Å². The second kappa shape index (κ2) is 6.92. The van der Waals surface area contributed by atoms with Crippen LogP contribution in [0.4, 0.5) is 8.78 Å².